The molecule has 216 valence electrons. The minimum atomic E-state index is -1.70. The molecule has 3 aliphatic heterocycles. The molecule has 0 spiro atoms. The third-order valence-corrected chi connectivity index (χ3v) is 8.03. The quantitative estimate of drug-likeness (QED) is 0.379. The molecule has 2 bridgehead atoms. The van der Waals surface area contributed by atoms with E-state index in [4.69, 9.17) is 4.42 Å². The molecule has 6 rings (SSSR count). The number of nitrogens with zero attached hydrogens (tertiary/aromatic N) is 5. The van der Waals surface area contributed by atoms with E-state index in [1.54, 1.807) is 19.9 Å². The molecule has 2 saturated heterocycles. The average Bonchev–Trinajstić information content (AvgIpc) is 3.28. The number of amidine groups is 1. The van der Waals surface area contributed by atoms with E-state index in [1.165, 1.54) is 31.1 Å². The number of nitrogens with one attached hydrogen (secondary N) is 2. The number of hydrogen-bond donors (Lipinski definition) is 2. The largest absolute Gasteiger partial charge is 0.425 e. The number of rotatable bonds is 5. The topological polar surface area (TPSA) is 167 Å². The number of fused-ring (bicyclic) bond motifs is 2. The van der Waals surface area contributed by atoms with Crippen LogP contribution in [0.1, 0.15) is 48.6 Å². The van der Waals surface area contributed by atoms with Crippen LogP contribution in [-0.2, 0) is 35.9 Å². The van der Waals surface area contributed by atoms with Gasteiger partial charge >= 0.3 is 11.8 Å². The summed E-state index contributed by atoms with van der Waals surface area (Å²) in [5.41, 5.74) is -1.14. The lowest BCUT2D eigenvalue weighted by Gasteiger charge is -2.41. The van der Waals surface area contributed by atoms with E-state index in [0.29, 0.717) is 35.7 Å². The Labute approximate surface area is 234 Å². The molecule has 14 heteroatoms. The van der Waals surface area contributed by atoms with Crippen LogP contribution in [0.25, 0.3) is 0 Å². The van der Waals surface area contributed by atoms with Crippen LogP contribution in [0.15, 0.2) is 27.6 Å². The number of carbonyl (C=O) groups excluding carboxylic acids is 5. The highest BCUT2D eigenvalue weighted by Gasteiger charge is 2.59. The highest BCUT2D eigenvalue weighted by Crippen LogP contribution is 2.48. The maximum atomic E-state index is 13.6. The van der Waals surface area contributed by atoms with Crippen molar-refractivity contribution in [1.29, 1.82) is 0 Å². The Morgan fingerprint density at radius 3 is 2.44 bits per heavy atom. The number of hydrogen-bond acceptors (Lipinski definition) is 9. The molecule has 3 fully saturated rings. The maximum Gasteiger partial charge on any atom is 0.311 e. The third kappa shape index (κ3) is 4.87. The van der Waals surface area contributed by atoms with Gasteiger partial charge in [0.05, 0.1) is 11.0 Å². The van der Waals surface area contributed by atoms with E-state index in [2.05, 4.69) is 25.8 Å². The molecule has 1 aromatic carbocycles. The van der Waals surface area contributed by atoms with Gasteiger partial charge in [0.15, 0.2) is 6.04 Å². The first-order valence-electron chi connectivity index (χ1n) is 13.2. The number of halogens is 1. The van der Waals surface area contributed by atoms with Crippen molar-refractivity contribution in [3.05, 3.63) is 46.9 Å². The Balaban J connectivity index is 1.51. The number of benzene rings is 1. The molecular weight excluding hydrogens is 537 g/mol. The van der Waals surface area contributed by atoms with Crippen LogP contribution in [0, 0.1) is 19.7 Å². The average molecular weight is 568 g/mol. The molecule has 0 radical (unpaired) electrons. The summed E-state index contributed by atoms with van der Waals surface area (Å²) in [4.78, 5) is 72.2. The monoisotopic (exact) mass is 567 g/mol. The molecule has 2 N–H and O–H groups in total. The van der Waals surface area contributed by atoms with Crippen molar-refractivity contribution in [2.75, 3.05) is 20.6 Å². The van der Waals surface area contributed by atoms with Crippen LogP contribution < -0.4 is 10.6 Å². The Kier molecular flexibility index (Phi) is 6.95. The fourth-order valence-electron chi connectivity index (χ4n) is 5.69. The number of ketones is 1. The van der Waals surface area contributed by atoms with Crippen molar-refractivity contribution >= 4 is 35.2 Å². The van der Waals surface area contributed by atoms with Gasteiger partial charge in [0, 0.05) is 34.1 Å². The Hall–Kier alpha value is -4.49. The molecule has 1 saturated carbocycles. The number of aryl methyl sites for hydroxylation is 2. The van der Waals surface area contributed by atoms with Crippen molar-refractivity contribution in [2.24, 2.45) is 4.99 Å². The first-order chi connectivity index (χ1) is 19.4. The number of amides is 4. The third-order valence-electron chi connectivity index (χ3n) is 8.03. The summed E-state index contributed by atoms with van der Waals surface area (Å²) in [7, 11) is 2.87. The Morgan fingerprint density at radius 1 is 1.12 bits per heavy atom. The summed E-state index contributed by atoms with van der Waals surface area (Å²) in [6.45, 7) is 3.18. The van der Waals surface area contributed by atoms with Gasteiger partial charge in [-0.1, -0.05) is 12.1 Å². The highest BCUT2D eigenvalue weighted by molar-refractivity contribution is 6.46. The standard InChI is InChI=1S/C27H30FN7O6/c1-14-11-16(5-6-17(14)28)12-29-20(37)18-19(36)22(39)35-13-26(25-33-32-15(2)41-25)7-9-27(10-8-26,24(35)30-18)31-21(38)23(40)34(3)4/h5-6,11,18H,7-10,12-13H2,1-4H3,(H,29,37)(H,31,38). The summed E-state index contributed by atoms with van der Waals surface area (Å²) in [6, 6.07) is 2.63. The van der Waals surface area contributed by atoms with E-state index >= 15 is 0 Å². The van der Waals surface area contributed by atoms with Crippen molar-refractivity contribution < 1.29 is 32.8 Å². The normalized spacial score (nSPS) is 25.2. The molecule has 2 aromatic rings. The second kappa shape index (κ2) is 10.2. The zero-order valence-electron chi connectivity index (χ0n) is 23.1. The second-order valence-corrected chi connectivity index (χ2v) is 11.1. The number of Topliss-reactive ketones (excluding diaryl/α,β-unsaturated/α-hetero) is 1. The van der Waals surface area contributed by atoms with Crippen molar-refractivity contribution in [3.63, 3.8) is 0 Å². The summed E-state index contributed by atoms with van der Waals surface area (Å²) in [5.74, 6) is -4.24. The van der Waals surface area contributed by atoms with E-state index in [0.717, 1.165) is 4.90 Å². The molecule has 1 aromatic heterocycles. The van der Waals surface area contributed by atoms with Gasteiger partial charge in [-0.3, -0.25) is 28.9 Å². The van der Waals surface area contributed by atoms with E-state index in [1.807, 2.05) is 0 Å². The fraction of sp³-hybridized carbons (Fsp3) is 0.481. The SMILES string of the molecule is Cc1nnc(C23CCC(NC(=O)C(=O)N(C)C)(CC2)C2=NC(C(=O)NCc4ccc(F)c(C)c4)C(=O)C(=O)N2C3)o1. The Bertz CT molecular complexity index is 1490. The smallest absolute Gasteiger partial charge is 0.311 e. The molecule has 4 amide bonds. The zero-order valence-corrected chi connectivity index (χ0v) is 23.1. The lowest BCUT2D eigenvalue weighted by Crippen LogP contribution is -2.65. The van der Waals surface area contributed by atoms with Gasteiger partial charge in [-0.25, -0.2) is 9.38 Å². The lowest BCUT2D eigenvalue weighted by molar-refractivity contribution is -0.146. The van der Waals surface area contributed by atoms with Crippen LogP contribution in [0.3, 0.4) is 0 Å². The number of likely N-dealkylation sites (N-methyl/N-ethyl adjacent to an activating group) is 1. The first kappa shape index (κ1) is 28.1. The van der Waals surface area contributed by atoms with Gasteiger partial charge in [-0.05, 0) is 49.8 Å². The van der Waals surface area contributed by atoms with E-state index in [9.17, 15) is 28.4 Å². The van der Waals surface area contributed by atoms with Crippen LogP contribution in [0.2, 0.25) is 0 Å². The van der Waals surface area contributed by atoms with Gasteiger partial charge in [-0.2, -0.15) is 0 Å². The number of aliphatic imine (C=N–C) groups is 1. The minimum Gasteiger partial charge on any atom is -0.425 e. The first-order valence-corrected chi connectivity index (χ1v) is 13.2. The predicted octanol–water partition coefficient (Wildman–Crippen LogP) is 0.0889. The van der Waals surface area contributed by atoms with Gasteiger partial charge in [0.25, 0.3) is 17.6 Å². The van der Waals surface area contributed by atoms with Crippen LogP contribution >= 0.6 is 0 Å². The molecule has 1 atom stereocenters. The van der Waals surface area contributed by atoms with Crippen molar-refractivity contribution in [3.8, 4) is 0 Å². The van der Waals surface area contributed by atoms with E-state index < -0.39 is 52.2 Å². The number of carbonyl (C=O) groups is 5. The fourth-order valence-corrected chi connectivity index (χ4v) is 5.69. The molecule has 4 aliphatic rings. The minimum absolute atomic E-state index is 0.0225. The highest BCUT2D eigenvalue weighted by atomic mass is 19.1. The van der Waals surface area contributed by atoms with Gasteiger partial charge in [-0.15, -0.1) is 10.2 Å². The molecule has 1 aliphatic carbocycles. The molecule has 41 heavy (non-hydrogen) atoms. The lowest BCUT2D eigenvalue weighted by atomic mass is 9.68. The summed E-state index contributed by atoms with van der Waals surface area (Å²) in [6.07, 6.45) is 1.23. The van der Waals surface area contributed by atoms with Crippen molar-refractivity contribution in [2.45, 2.75) is 63.1 Å². The van der Waals surface area contributed by atoms with Gasteiger partial charge in [0.2, 0.25) is 11.8 Å². The number of aromatic nitrogens is 2. The summed E-state index contributed by atoms with van der Waals surface area (Å²) < 4.78 is 19.4. The molecule has 4 heterocycles. The molecule has 1 unspecified atom stereocenters. The zero-order chi connectivity index (χ0) is 29.7. The van der Waals surface area contributed by atoms with Crippen LogP contribution in [0.4, 0.5) is 4.39 Å². The van der Waals surface area contributed by atoms with Crippen molar-refractivity contribution in [1.82, 2.24) is 30.6 Å². The van der Waals surface area contributed by atoms with Crippen LogP contribution in [0.5, 0.6) is 0 Å². The van der Waals surface area contributed by atoms with Gasteiger partial charge in [0.1, 0.15) is 11.7 Å². The predicted molar refractivity (Wildman–Crippen MR) is 140 cm³/mol. The second-order valence-electron chi connectivity index (χ2n) is 11.1. The van der Waals surface area contributed by atoms with E-state index in [-0.39, 0.29) is 31.8 Å². The van der Waals surface area contributed by atoms with Crippen LogP contribution in [-0.4, -0.2) is 87.5 Å². The molecule has 13 nitrogen and oxygen atoms in total. The maximum absolute atomic E-state index is 13.6. The summed E-state index contributed by atoms with van der Waals surface area (Å²) >= 11 is 0. The molecular formula is C27H30FN7O6. The van der Waals surface area contributed by atoms with Gasteiger partial charge < -0.3 is 20.0 Å². The summed E-state index contributed by atoms with van der Waals surface area (Å²) in [5, 5.41) is 13.5. The Morgan fingerprint density at radius 2 is 1.83 bits per heavy atom.